The van der Waals surface area contributed by atoms with Crippen LogP contribution in [0.5, 0.6) is 0 Å². The van der Waals surface area contributed by atoms with E-state index in [9.17, 15) is 9.59 Å². The number of fused-ring (bicyclic) bond motifs is 1. The van der Waals surface area contributed by atoms with Gasteiger partial charge in [0.25, 0.3) is 6.29 Å². The average molecular weight is 258 g/mol. The average Bonchev–Trinajstić information content (AvgIpc) is 2.36. The maximum Gasteiger partial charge on any atom is 0.305 e. The number of esters is 2. The lowest BCUT2D eigenvalue weighted by Gasteiger charge is -2.17. The Bertz CT molecular complexity index is 602. The summed E-state index contributed by atoms with van der Waals surface area (Å²) in [7, 11) is 0. The van der Waals surface area contributed by atoms with Crippen molar-refractivity contribution in [2.75, 3.05) is 0 Å². The van der Waals surface area contributed by atoms with Gasteiger partial charge >= 0.3 is 11.9 Å². The van der Waals surface area contributed by atoms with Crippen LogP contribution in [0, 0.1) is 0 Å². The third kappa shape index (κ3) is 3.31. The van der Waals surface area contributed by atoms with Gasteiger partial charge < -0.3 is 9.47 Å². The van der Waals surface area contributed by atoms with Crippen LogP contribution in [0.3, 0.4) is 0 Å². The van der Waals surface area contributed by atoms with Crippen LogP contribution in [0.25, 0.3) is 10.8 Å². The minimum absolute atomic E-state index is 0.501. The van der Waals surface area contributed by atoms with Gasteiger partial charge in [-0.25, -0.2) is 0 Å². The first-order chi connectivity index (χ1) is 9.06. The summed E-state index contributed by atoms with van der Waals surface area (Å²) in [4.78, 5) is 22.1. The van der Waals surface area contributed by atoms with Crippen molar-refractivity contribution in [3.8, 4) is 0 Å². The minimum Gasteiger partial charge on any atom is -0.421 e. The van der Waals surface area contributed by atoms with Crippen LogP contribution < -0.4 is 0 Å². The summed E-state index contributed by atoms with van der Waals surface area (Å²) in [6.07, 6.45) is -1.00. The molecule has 0 N–H and O–H groups in total. The quantitative estimate of drug-likeness (QED) is 0.627. The third-order valence-electron chi connectivity index (χ3n) is 2.59. The first kappa shape index (κ1) is 13.1. The molecule has 0 saturated carbocycles. The second kappa shape index (κ2) is 5.52. The molecule has 0 aliphatic rings. The number of hydrogen-bond acceptors (Lipinski definition) is 4. The molecule has 0 unspecified atom stereocenters. The van der Waals surface area contributed by atoms with E-state index in [1.165, 1.54) is 13.8 Å². The normalized spacial score (nSPS) is 10.5. The number of carbonyl (C=O) groups is 2. The van der Waals surface area contributed by atoms with Crippen molar-refractivity contribution in [3.05, 3.63) is 48.0 Å². The number of rotatable bonds is 3. The van der Waals surface area contributed by atoms with Crippen LogP contribution in [0.15, 0.2) is 42.5 Å². The van der Waals surface area contributed by atoms with Crippen molar-refractivity contribution in [3.63, 3.8) is 0 Å². The molecule has 0 atom stereocenters. The third-order valence-corrected chi connectivity index (χ3v) is 2.59. The lowest BCUT2D eigenvalue weighted by atomic mass is 10.1. The maximum absolute atomic E-state index is 11.1. The fourth-order valence-electron chi connectivity index (χ4n) is 1.82. The van der Waals surface area contributed by atoms with Crippen molar-refractivity contribution < 1.29 is 19.1 Å². The van der Waals surface area contributed by atoms with E-state index < -0.39 is 18.2 Å². The summed E-state index contributed by atoms with van der Waals surface area (Å²) in [5.74, 6) is -1.00. The molecule has 0 amide bonds. The molecule has 0 aliphatic heterocycles. The van der Waals surface area contributed by atoms with E-state index in [0.29, 0.717) is 5.56 Å². The fraction of sp³-hybridized carbons (Fsp3) is 0.200. The van der Waals surface area contributed by atoms with E-state index in [4.69, 9.17) is 9.47 Å². The van der Waals surface area contributed by atoms with Gasteiger partial charge in [0.15, 0.2) is 0 Å². The molecule has 4 nitrogen and oxygen atoms in total. The topological polar surface area (TPSA) is 52.6 Å². The number of carbonyl (C=O) groups excluding carboxylic acids is 2. The predicted octanol–water partition coefficient (Wildman–Crippen LogP) is 2.96. The van der Waals surface area contributed by atoms with Crippen LogP contribution in [-0.4, -0.2) is 11.9 Å². The molecule has 2 aromatic rings. The number of ether oxygens (including phenoxy) is 2. The van der Waals surface area contributed by atoms with Gasteiger partial charge in [0.2, 0.25) is 0 Å². The highest BCUT2D eigenvalue weighted by atomic mass is 16.7. The zero-order chi connectivity index (χ0) is 13.8. The highest BCUT2D eigenvalue weighted by Gasteiger charge is 2.18. The Hall–Kier alpha value is -2.36. The molecule has 0 fully saturated rings. The predicted molar refractivity (Wildman–Crippen MR) is 70.2 cm³/mol. The monoisotopic (exact) mass is 258 g/mol. The van der Waals surface area contributed by atoms with E-state index >= 15 is 0 Å². The van der Waals surface area contributed by atoms with Gasteiger partial charge in [-0.3, -0.25) is 9.59 Å². The van der Waals surface area contributed by atoms with E-state index in [1.807, 2.05) is 36.4 Å². The van der Waals surface area contributed by atoms with Crippen LogP contribution in [-0.2, 0) is 19.1 Å². The van der Waals surface area contributed by atoms with Crippen LogP contribution in [0.1, 0.15) is 25.7 Å². The Balaban J connectivity index is 2.37. The van der Waals surface area contributed by atoms with Crippen molar-refractivity contribution in [2.24, 2.45) is 0 Å². The Kier molecular flexibility index (Phi) is 3.80. The van der Waals surface area contributed by atoms with Gasteiger partial charge in [-0.2, -0.15) is 0 Å². The second-order valence-electron chi connectivity index (χ2n) is 4.16. The lowest BCUT2D eigenvalue weighted by Crippen LogP contribution is -2.14. The van der Waals surface area contributed by atoms with Gasteiger partial charge in [0.05, 0.1) is 0 Å². The van der Waals surface area contributed by atoms with Gasteiger partial charge in [-0.1, -0.05) is 36.4 Å². The van der Waals surface area contributed by atoms with Crippen molar-refractivity contribution >= 4 is 22.7 Å². The standard InChI is InChI=1S/C15H14O4/c1-10(16)18-15(19-11(2)17)14-8-7-12-5-3-4-6-13(12)9-14/h3-9,15H,1-2H3. The van der Waals surface area contributed by atoms with E-state index in [2.05, 4.69) is 0 Å². The maximum atomic E-state index is 11.1. The first-order valence-corrected chi connectivity index (χ1v) is 5.89. The zero-order valence-electron chi connectivity index (χ0n) is 10.8. The molecule has 0 aliphatic carbocycles. The van der Waals surface area contributed by atoms with Gasteiger partial charge in [-0.05, 0) is 16.8 Å². The van der Waals surface area contributed by atoms with E-state index in [0.717, 1.165) is 10.8 Å². The molecule has 0 bridgehead atoms. The molecule has 0 saturated heterocycles. The number of benzene rings is 2. The molecule has 19 heavy (non-hydrogen) atoms. The van der Waals surface area contributed by atoms with E-state index in [-0.39, 0.29) is 0 Å². The smallest absolute Gasteiger partial charge is 0.305 e. The minimum atomic E-state index is -1.00. The van der Waals surface area contributed by atoms with Crippen LogP contribution in [0.4, 0.5) is 0 Å². The largest absolute Gasteiger partial charge is 0.421 e. The highest BCUT2D eigenvalue weighted by Crippen LogP contribution is 2.24. The molecular formula is C15H14O4. The summed E-state index contributed by atoms with van der Waals surface area (Å²) in [6, 6.07) is 13.3. The SMILES string of the molecule is CC(=O)OC(OC(C)=O)c1ccc2ccccc2c1. The summed E-state index contributed by atoms with van der Waals surface area (Å²) >= 11 is 0. The van der Waals surface area contributed by atoms with Gasteiger partial charge in [0, 0.05) is 19.4 Å². The van der Waals surface area contributed by atoms with Crippen LogP contribution >= 0.6 is 0 Å². The molecule has 4 heteroatoms. The molecule has 0 spiro atoms. The summed E-state index contributed by atoms with van der Waals surface area (Å²) in [5, 5.41) is 2.06. The zero-order valence-corrected chi connectivity index (χ0v) is 10.8. The summed E-state index contributed by atoms with van der Waals surface area (Å²) in [6.45, 7) is 2.55. The molecule has 2 aromatic carbocycles. The van der Waals surface area contributed by atoms with E-state index in [1.54, 1.807) is 6.07 Å². The second-order valence-corrected chi connectivity index (χ2v) is 4.16. The molecular weight excluding hydrogens is 244 g/mol. The Morgan fingerprint density at radius 1 is 0.895 bits per heavy atom. The molecule has 0 heterocycles. The van der Waals surface area contributed by atoms with Crippen molar-refractivity contribution in [2.45, 2.75) is 20.1 Å². The fourth-order valence-corrected chi connectivity index (χ4v) is 1.82. The summed E-state index contributed by atoms with van der Waals surface area (Å²) in [5.41, 5.74) is 0.629. The molecule has 98 valence electrons. The molecule has 0 radical (unpaired) electrons. The summed E-state index contributed by atoms with van der Waals surface area (Å²) < 4.78 is 10.0. The lowest BCUT2D eigenvalue weighted by molar-refractivity contribution is -0.186. The first-order valence-electron chi connectivity index (χ1n) is 5.89. The molecule has 0 aromatic heterocycles. The van der Waals surface area contributed by atoms with Crippen LogP contribution in [0.2, 0.25) is 0 Å². The Morgan fingerprint density at radius 2 is 1.47 bits per heavy atom. The Labute approximate surface area is 110 Å². The Morgan fingerprint density at radius 3 is 2.05 bits per heavy atom. The van der Waals surface area contributed by atoms with Crippen molar-refractivity contribution in [1.29, 1.82) is 0 Å². The molecule has 2 rings (SSSR count). The van der Waals surface area contributed by atoms with Gasteiger partial charge in [-0.15, -0.1) is 0 Å². The number of hydrogen-bond donors (Lipinski definition) is 0. The van der Waals surface area contributed by atoms with Gasteiger partial charge in [0.1, 0.15) is 0 Å². The highest BCUT2D eigenvalue weighted by molar-refractivity contribution is 5.83. The van der Waals surface area contributed by atoms with Crippen molar-refractivity contribution in [1.82, 2.24) is 0 Å².